The molecule has 1 aromatic rings. The van der Waals surface area contributed by atoms with Crippen molar-refractivity contribution in [1.29, 1.82) is 0 Å². The van der Waals surface area contributed by atoms with Crippen LogP contribution in [0.3, 0.4) is 0 Å². The summed E-state index contributed by atoms with van der Waals surface area (Å²) in [6, 6.07) is 2.96. The van der Waals surface area contributed by atoms with Crippen molar-refractivity contribution in [1.82, 2.24) is 5.32 Å². The number of rotatable bonds is 2. The number of nitrogen functional groups attached to an aromatic ring is 1. The van der Waals surface area contributed by atoms with Crippen LogP contribution in [0.25, 0.3) is 0 Å². The Labute approximate surface area is 113 Å². The summed E-state index contributed by atoms with van der Waals surface area (Å²) >= 11 is 0. The van der Waals surface area contributed by atoms with Crippen LogP contribution in [-0.2, 0) is 0 Å². The number of benzene rings is 1. The molecule has 0 spiro atoms. The molecule has 1 saturated carbocycles. The van der Waals surface area contributed by atoms with E-state index in [9.17, 15) is 9.18 Å². The summed E-state index contributed by atoms with van der Waals surface area (Å²) in [6.45, 7) is 9.99. The van der Waals surface area contributed by atoms with Crippen molar-refractivity contribution >= 4 is 11.6 Å². The van der Waals surface area contributed by atoms with E-state index < -0.39 is 11.7 Å². The number of hydrogen-bond acceptors (Lipinski definition) is 2. The summed E-state index contributed by atoms with van der Waals surface area (Å²) in [5.74, 6) is -0.889. The summed E-state index contributed by atoms with van der Waals surface area (Å²) in [5.41, 5.74) is 6.53. The Bertz CT molecular complexity index is 535. The van der Waals surface area contributed by atoms with E-state index in [1.807, 2.05) is 0 Å². The van der Waals surface area contributed by atoms with Crippen LogP contribution in [0.4, 0.5) is 10.1 Å². The molecule has 1 aliphatic carbocycles. The topological polar surface area (TPSA) is 55.1 Å². The smallest absolute Gasteiger partial charge is 0.254 e. The first-order chi connectivity index (χ1) is 8.59. The molecule has 104 valence electrons. The zero-order valence-corrected chi connectivity index (χ0v) is 12.1. The van der Waals surface area contributed by atoms with Crippen molar-refractivity contribution in [3.05, 3.63) is 29.1 Å². The molecule has 3 N–H and O–H groups in total. The number of carbonyl (C=O) groups is 1. The lowest BCUT2D eigenvalue weighted by Gasteiger charge is -2.10. The van der Waals surface area contributed by atoms with Crippen LogP contribution < -0.4 is 11.1 Å². The van der Waals surface area contributed by atoms with Gasteiger partial charge < -0.3 is 11.1 Å². The number of carbonyl (C=O) groups excluding carboxylic acids is 1. The molecule has 1 amide bonds. The van der Waals surface area contributed by atoms with Gasteiger partial charge in [-0.1, -0.05) is 27.7 Å². The first-order valence-corrected chi connectivity index (χ1v) is 6.45. The summed E-state index contributed by atoms with van der Waals surface area (Å²) in [6.07, 6.45) is 0. The van der Waals surface area contributed by atoms with Crippen LogP contribution in [-0.4, -0.2) is 11.9 Å². The van der Waals surface area contributed by atoms with Crippen LogP contribution in [0.15, 0.2) is 12.1 Å². The van der Waals surface area contributed by atoms with Gasteiger partial charge in [0.15, 0.2) is 0 Å². The second kappa shape index (κ2) is 3.95. The summed E-state index contributed by atoms with van der Waals surface area (Å²) in [5, 5.41) is 2.91. The minimum absolute atomic E-state index is 0.0223. The maximum atomic E-state index is 14.0. The van der Waals surface area contributed by atoms with Crippen LogP contribution in [0, 0.1) is 23.6 Å². The van der Waals surface area contributed by atoms with Crippen molar-refractivity contribution in [2.75, 3.05) is 5.73 Å². The molecule has 1 aromatic carbocycles. The van der Waals surface area contributed by atoms with Gasteiger partial charge in [0.1, 0.15) is 5.82 Å². The molecule has 1 fully saturated rings. The number of amides is 1. The van der Waals surface area contributed by atoms with Crippen LogP contribution in [0.1, 0.15) is 43.6 Å². The lowest BCUT2D eigenvalue weighted by Crippen LogP contribution is -2.30. The van der Waals surface area contributed by atoms with Gasteiger partial charge in [-0.25, -0.2) is 4.39 Å². The van der Waals surface area contributed by atoms with Crippen LogP contribution >= 0.6 is 0 Å². The Hall–Kier alpha value is -1.58. The number of nitrogens with one attached hydrogen (secondary N) is 1. The minimum Gasteiger partial charge on any atom is -0.399 e. The second-order valence-electron chi connectivity index (χ2n) is 6.55. The Morgan fingerprint density at radius 3 is 2.26 bits per heavy atom. The Morgan fingerprint density at radius 2 is 1.79 bits per heavy atom. The average Bonchev–Trinajstić information content (AvgIpc) is 2.66. The predicted molar refractivity (Wildman–Crippen MR) is 74.4 cm³/mol. The third-order valence-electron chi connectivity index (χ3n) is 4.82. The zero-order chi connectivity index (χ0) is 14.6. The second-order valence-corrected chi connectivity index (χ2v) is 6.55. The molecule has 2 rings (SSSR count). The fourth-order valence-corrected chi connectivity index (χ4v) is 2.73. The highest BCUT2D eigenvalue weighted by atomic mass is 19.1. The van der Waals surface area contributed by atoms with E-state index in [-0.39, 0.29) is 22.4 Å². The summed E-state index contributed by atoms with van der Waals surface area (Å²) in [7, 11) is 0. The van der Waals surface area contributed by atoms with Gasteiger partial charge in [-0.15, -0.1) is 0 Å². The van der Waals surface area contributed by atoms with Gasteiger partial charge in [-0.05, 0) is 35.4 Å². The molecule has 19 heavy (non-hydrogen) atoms. The highest BCUT2D eigenvalue weighted by molar-refractivity contribution is 5.96. The third-order valence-corrected chi connectivity index (χ3v) is 4.82. The highest BCUT2D eigenvalue weighted by Gasteiger charge is 2.65. The van der Waals surface area contributed by atoms with Gasteiger partial charge in [0.05, 0.1) is 5.56 Å². The fourth-order valence-electron chi connectivity index (χ4n) is 2.73. The number of hydrogen-bond donors (Lipinski definition) is 2. The summed E-state index contributed by atoms with van der Waals surface area (Å²) < 4.78 is 14.0. The Kier molecular flexibility index (Phi) is 2.88. The van der Waals surface area contributed by atoms with E-state index in [4.69, 9.17) is 5.73 Å². The SMILES string of the molecule is Cc1cc(N)cc(C(=O)NC2C(C)(C)C2(C)C)c1F. The lowest BCUT2D eigenvalue weighted by molar-refractivity contribution is 0.0939. The molecular weight excluding hydrogens is 243 g/mol. The van der Waals surface area contributed by atoms with Crippen LogP contribution in [0.5, 0.6) is 0 Å². The highest BCUT2D eigenvalue weighted by Crippen LogP contribution is 2.62. The molecule has 0 aromatic heterocycles. The molecule has 3 nitrogen and oxygen atoms in total. The molecule has 0 radical (unpaired) electrons. The predicted octanol–water partition coefficient (Wildman–Crippen LogP) is 2.88. The number of nitrogens with two attached hydrogens (primary N) is 1. The monoisotopic (exact) mass is 264 g/mol. The zero-order valence-electron chi connectivity index (χ0n) is 12.1. The van der Waals surface area contributed by atoms with Gasteiger partial charge >= 0.3 is 0 Å². The Morgan fingerprint density at radius 1 is 1.26 bits per heavy atom. The van der Waals surface area contributed by atoms with Crippen molar-refractivity contribution in [3.8, 4) is 0 Å². The van der Waals surface area contributed by atoms with Crippen molar-refractivity contribution in [2.24, 2.45) is 10.8 Å². The van der Waals surface area contributed by atoms with Crippen molar-refractivity contribution in [3.63, 3.8) is 0 Å². The lowest BCUT2D eigenvalue weighted by atomic mass is 10.0. The van der Waals surface area contributed by atoms with Gasteiger partial charge in [0.25, 0.3) is 5.91 Å². The van der Waals surface area contributed by atoms with Gasteiger partial charge in [0.2, 0.25) is 0 Å². The molecule has 0 aliphatic heterocycles. The van der Waals surface area contributed by atoms with Gasteiger partial charge in [-0.2, -0.15) is 0 Å². The van der Waals surface area contributed by atoms with E-state index in [0.29, 0.717) is 11.3 Å². The molecule has 0 unspecified atom stereocenters. The van der Waals surface area contributed by atoms with E-state index in [2.05, 4.69) is 33.0 Å². The average molecular weight is 264 g/mol. The quantitative estimate of drug-likeness (QED) is 0.807. The largest absolute Gasteiger partial charge is 0.399 e. The van der Waals surface area contributed by atoms with Gasteiger partial charge in [-0.3, -0.25) is 4.79 Å². The van der Waals surface area contributed by atoms with E-state index in [1.165, 1.54) is 12.1 Å². The fraction of sp³-hybridized carbons (Fsp3) is 0.533. The number of halogens is 1. The minimum atomic E-state index is -0.497. The van der Waals surface area contributed by atoms with Crippen molar-refractivity contribution < 1.29 is 9.18 Å². The third kappa shape index (κ3) is 1.99. The molecule has 0 atom stereocenters. The molecule has 0 bridgehead atoms. The van der Waals surface area contributed by atoms with Crippen molar-refractivity contribution in [2.45, 2.75) is 40.7 Å². The molecular formula is C15H21FN2O. The maximum absolute atomic E-state index is 14.0. The molecule has 0 saturated heterocycles. The van der Waals surface area contributed by atoms with E-state index in [1.54, 1.807) is 6.92 Å². The first-order valence-electron chi connectivity index (χ1n) is 6.45. The molecule has 4 heteroatoms. The standard InChI is InChI=1S/C15H21FN2O/c1-8-6-9(17)7-10(11(8)16)12(19)18-13-14(2,3)15(13,4)5/h6-7,13H,17H2,1-5H3,(H,18,19). The van der Waals surface area contributed by atoms with Gasteiger partial charge in [0, 0.05) is 11.7 Å². The molecule has 1 aliphatic rings. The normalized spacial score (nSPS) is 20.1. The number of aryl methyl sites for hydroxylation is 1. The Balaban J connectivity index is 2.24. The maximum Gasteiger partial charge on any atom is 0.254 e. The summed E-state index contributed by atoms with van der Waals surface area (Å²) in [4.78, 5) is 12.2. The van der Waals surface area contributed by atoms with E-state index >= 15 is 0 Å². The first kappa shape index (κ1) is 13.8. The number of anilines is 1. The van der Waals surface area contributed by atoms with E-state index in [0.717, 1.165) is 0 Å². The molecule has 0 heterocycles. The van der Waals surface area contributed by atoms with Crippen LogP contribution in [0.2, 0.25) is 0 Å².